The standard InChI is InChI=1S/C31H27BrN2O8S/c1-5-40-24-15-21(32)20(14-23(24)39-4)27-26(30(38)41-6-2)16(3)33-31-34(27)28(35)25(43-31)13-19-10-11-22(42-19)17-8-7-9-18(12-17)29(36)37/h7-15,27H,5-6H2,1-4H3,(H,36,37)/b25-13+/t27-/m0/s1. The number of carbonyl (C=O) groups excluding carboxylic acids is 1. The maximum atomic E-state index is 14.0. The van der Waals surface area contributed by atoms with Gasteiger partial charge in [-0.3, -0.25) is 9.36 Å². The maximum absolute atomic E-state index is 14.0. The van der Waals surface area contributed by atoms with Gasteiger partial charge in [-0.2, -0.15) is 0 Å². The lowest BCUT2D eigenvalue weighted by molar-refractivity contribution is -0.139. The first-order valence-electron chi connectivity index (χ1n) is 13.3. The predicted octanol–water partition coefficient (Wildman–Crippen LogP) is 4.93. The molecule has 2 aromatic carbocycles. The molecule has 3 heterocycles. The number of thiazole rings is 1. The van der Waals surface area contributed by atoms with Crippen LogP contribution in [-0.2, 0) is 9.53 Å². The molecule has 0 radical (unpaired) electrons. The highest BCUT2D eigenvalue weighted by atomic mass is 79.9. The van der Waals surface area contributed by atoms with Gasteiger partial charge in [0.2, 0.25) is 0 Å². The van der Waals surface area contributed by atoms with Gasteiger partial charge in [-0.15, -0.1) is 0 Å². The van der Waals surface area contributed by atoms with Crippen LogP contribution in [0.15, 0.2) is 78.5 Å². The molecule has 0 aliphatic carbocycles. The highest BCUT2D eigenvalue weighted by Crippen LogP contribution is 2.41. The van der Waals surface area contributed by atoms with E-state index >= 15 is 0 Å². The molecule has 10 nitrogen and oxygen atoms in total. The van der Waals surface area contributed by atoms with Crippen LogP contribution in [0.1, 0.15) is 48.5 Å². The Morgan fingerprint density at radius 2 is 1.93 bits per heavy atom. The highest BCUT2D eigenvalue weighted by Gasteiger charge is 2.35. The molecule has 1 atom stereocenters. The molecule has 2 aromatic heterocycles. The van der Waals surface area contributed by atoms with Gasteiger partial charge in [0.15, 0.2) is 16.3 Å². The fourth-order valence-corrected chi connectivity index (χ4v) is 6.36. The van der Waals surface area contributed by atoms with Crippen molar-refractivity contribution < 1.29 is 33.3 Å². The SMILES string of the molecule is CCOC(=O)C1=C(C)N=c2s/c(=C/c3ccc(-c4cccc(C(=O)O)c4)o3)c(=O)n2[C@H]1c1cc(OC)c(OCC)cc1Br. The number of benzene rings is 2. The van der Waals surface area contributed by atoms with Crippen molar-refractivity contribution in [2.24, 2.45) is 4.99 Å². The predicted molar refractivity (Wildman–Crippen MR) is 163 cm³/mol. The minimum atomic E-state index is -1.04. The normalized spacial score (nSPS) is 14.7. The van der Waals surface area contributed by atoms with Crippen LogP contribution < -0.4 is 24.4 Å². The summed E-state index contributed by atoms with van der Waals surface area (Å²) in [6.07, 6.45) is 1.60. The molecule has 0 amide bonds. The van der Waals surface area contributed by atoms with Crippen molar-refractivity contribution in [1.82, 2.24) is 4.57 Å². The highest BCUT2D eigenvalue weighted by molar-refractivity contribution is 9.10. The molecule has 0 bridgehead atoms. The summed E-state index contributed by atoms with van der Waals surface area (Å²) in [7, 11) is 1.52. The average Bonchev–Trinajstić information content (AvgIpc) is 3.57. The molecule has 0 spiro atoms. The minimum absolute atomic E-state index is 0.133. The van der Waals surface area contributed by atoms with Crippen LogP contribution in [0.2, 0.25) is 0 Å². The average molecular weight is 668 g/mol. The Bertz CT molecular complexity index is 1950. The molecule has 0 fully saturated rings. The quantitative estimate of drug-likeness (QED) is 0.249. The van der Waals surface area contributed by atoms with Crippen molar-refractivity contribution in [3.8, 4) is 22.8 Å². The Kier molecular flexibility index (Phi) is 8.69. The zero-order chi connectivity index (χ0) is 30.8. The summed E-state index contributed by atoms with van der Waals surface area (Å²) in [4.78, 5) is 43.7. The van der Waals surface area contributed by atoms with Gasteiger partial charge in [-0.05, 0) is 62.7 Å². The van der Waals surface area contributed by atoms with Gasteiger partial charge >= 0.3 is 11.9 Å². The third-order valence-corrected chi connectivity index (χ3v) is 8.36. The van der Waals surface area contributed by atoms with Gasteiger partial charge in [0.1, 0.15) is 11.5 Å². The van der Waals surface area contributed by atoms with Crippen LogP contribution in [0.3, 0.4) is 0 Å². The van der Waals surface area contributed by atoms with Crippen LogP contribution in [0.5, 0.6) is 11.5 Å². The van der Waals surface area contributed by atoms with E-state index in [0.29, 0.717) is 60.3 Å². The number of fused-ring (bicyclic) bond motifs is 1. The molecule has 1 N–H and O–H groups in total. The minimum Gasteiger partial charge on any atom is -0.493 e. The van der Waals surface area contributed by atoms with Crippen LogP contribution in [0, 0.1) is 0 Å². The van der Waals surface area contributed by atoms with E-state index in [9.17, 15) is 19.5 Å². The van der Waals surface area contributed by atoms with E-state index in [4.69, 9.17) is 18.6 Å². The van der Waals surface area contributed by atoms with E-state index in [1.807, 2.05) is 6.92 Å². The Morgan fingerprint density at radius 3 is 2.63 bits per heavy atom. The molecule has 5 rings (SSSR count). The van der Waals surface area contributed by atoms with Crippen molar-refractivity contribution in [3.05, 3.63) is 101 Å². The van der Waals surface area contributed by atoms with Crippen LogP contribution in [0.4, 0.5) is 0 Å². The number of aromatic carboxylic acids is 1. The fourth-order valence-electron chi connectivity index (χ4n) is 4.79. The molecule has 0 unspecified atom stereocenters. The van der Waals surface area contributed by atoms with E-state index in [-0.39, 0.29) is 23.3 Å². The van der Waals surface area contributed by atoms with Crippen molar-refractivity contribution in [1.29, 1.82) is 0 Å². The number of furan rings is 1. The number of aromatic nitrogens is 1. The lowest BCUT2D eigenvalue weighted by atomic mass is 9.95. The molecule has 43 heavy (non-hydrogen) atoms. The van der Waals surface area contributed by atoms with Crippen molar-refractivity contribution in [2.45, 2.75) is 26.8 Å². The first-order valence-corrected chi connectivity index (χ1v) is 14.9. The topological polar surface area (TPSA) is 130 Å². The number of carbonyl (C=O) groups is 2. The zero-order valence-corrected chi connectivity index (χ0v) is 26.1. The number of methoxy groups -OCH3 is 1. The first-order chi connectivity index (χ1) is 20.7. The second-order valence-corrected chi connectivity index (χ2v) is 11.2. The maximum Gasteiger partial charge on any atom is 0.338 e. The van der Waals surface area contributed by atoms with Crippen molar-refractivity contribution in [2.75, 3.05) is 20.3 Å². The van der Waals surface area contributed by atoms with Gasteiger partial charge in [-0.25, -0.2) is 14.6 Å². The van der Waals surface area contributed by atoms with Crippen LogP contribution in [-0.4, -0.2) is 41.9 Å². The number of nitrogens with zero attached hydrogens (tertiary/aromatic N) is 2. The van der Waals surface area contributed by atoms with Crippen molar-refractivity contribution in [3.63, 3.8) is 0 Å². The lowest BCUT2D eigenvalue weighted by Gasteiger charge is -2.26. The number of hydrogen-bond acceptors (Lipinski definition) is 9. The summed E-state index contributed by atoms with van der Waals surface area (Å²) in [5.41, 5.74) is 1.58. The smallest absolute Gasteiger partial charge is 0.338 e. The van der Waals surface area contributed by atoms with Gasteiger partial charge in [0.05, 0.1) is 47.7 Å². The Balaban J connectivity index is 1.66. The molecular weight excluding hydrogens is 640 g/mol. The molecule has 1 aliphatic heterocycles. The van der Waals surface area contributed by atoms with E-state index in [2.05, 4.69) is 20.9 Å². The van der Waals surface area contributed by atoms with Gasteiger partial charge < -0.3 is 23.7 Å². The Labute approximate surface area is 258 Å². The number of allylic oxidation sites excluding steroid dienone is 1. The van der Waals surface area contributed by atoms with E-state index in [1.54, 1.807) is 56.3 Å². The summed E-state index contributed by atoms with van der Waals surface area (Å²) < 4.78 is 25.0. The summed E-state index contributed by atoms with van der Waals surface area (Å²) >= 11 is 4.77. The van der Waals surface area contributed by atoms with Gasteiger partial charge in [-0.1, -0.05) is 39.4 Å². The van der Waals surface area contributed by atoms with Crippen LogP contribution >= 0.6 is 27.3 Å². The third kappa shape index (κ3) is 5.80. The van der Waals surface area contributed by atoms with E-state index in [1.165, 1.54) is 23.8 Å². The summed E-state index contributed by atoms with van der Waals surface area (Å²) in [5, 5.41) is 9.33. The number of carboxylic acid groups (broad SMARTS) is 1. The lowest BCUT2D eigenvalue weighted by Crippen LogP contribution is -2.40. The molecule has 1 aliphatic rings. The number of ether oxygens (including phenoxy) is 3. The molecule has 12 heteroatoms. The number of esters is 1. The van der Waals surface area contributed by atoms with E-state index < -0.39 is 18.0 Å². The summed E-state index contributed by atoms with van der Waals surface area (Å²) in [6, 6.07) is 12.4. The first kappa shape index (κ1) is 30.1. The number of carboxylic acids is 1. The van der Waals surface area contributed by atoms with Crippen LogP contribution in [0.25, 0.3) is 17.4 Å². The number of hydrogen-bond donors (Lipinski definition) is 1. The fraction of sp³-hybridized carbons (Fsp3) is 0.226. The Hall–Kier alpha value is -4.42. The number of rotatable bonds is 9. The molecule has 0 saturated heterocycles. The second kappa shape index (κ2) is 12.4. The van der Waals surface area contributed by atoms with Gasteiger partial charge in [0, 0.05) is 16.1 Å². The van der Waals surface area contributed by atoms with Gasteiger partial charge in [0.25, 0.3) is 5.56 Å². The van der Waals surface area contributed by atoms with Crippen molar-refractivity contribution >= 4 is 45.3 Å². The largest absolute Gasteiger partial charge is 0.493 e. The second-order valence-electron chi connectivity index (χ2n) is 9.35. The molecule has 4 aromatic rings. The van der Waals surface area contributed by atoms with E-state index in [0.717, 1.165) is 11.3 Å². The monoisotopic (exact) mass is 666 g/mol. The third-order valence-electron chi connectivity index (χ3n) is 6.69. The molecular formula is C31H27BrN2O8S. The summed E-state index contributed by atoms with van der Waals surface area (Å²) in [6.45, 7) is 5.85. The zero-order valence-electron chi connectivity index (χ0n) is 23.7. The molecule has 222 valence electrons. The molecule has 0 saturated carbocycles. The summed E-state index contributed by atoms with van der Waals surface area (Å²) in [5.74, 6) is 0.165. The Morgan fingerprint density at radius 1 is 1.14 bits per heavy atom. The number of halogens is 1.